The van der Waals surface area contributed by atoms with E-state index >= 15 is 0 Å². The Morgan fingerprint density at radius 1 is 0.292 bits per heavy atom. The molecule has 65 heavy (non-hydrogen) atoms. The summed E-state index contributed by atoms with van der Waals surface area (Å²) in [6, 6.07) is 79.1. The van der Waals surface area contributed by atoms with E-state index < -0.39 is 5.41 Å². The van der Waals surface area contributed by atoms with E-state index in [1.807, 2.05) is 0 Å². The zero-order valence-electron chi connectivity index (χ0n) is 36.6. The van der Waals surface area contributed by atoms with Crippen LogP contribution in [-0.4, -0.2) is 15.0 Å². The van der Waals surface area contributed by atoms with Gasteiger partial charge in [0.05, 0.1) is 5.41 Å². The Kier molecular flexibility index (Phi) is 8.96. The first-order valence-corrected chi connectivity index (χ1v) is 22.5. The summed E-state index contributed by atoms with van der Waals surface area (Å²) >= 11 is 0. The molecule has 2 aliphatic rings. The maximum atomic E-state index is 5.40. The standard InChI is InChI=1S/C62H45N3/c1-61(2,3)54-33-18-34-55-57(54)51-30-13-15-32-53(51)62(55)52-31-14-12-29-49(52)47-27-10-11-28-48(47)50-36-35-46(39-56(50)62)60-64-58(44-25-16-23-42(37-44)40-19-6-4-7-20-40)63-59(65-60)45-26-17-24-43(38-45)41-21-8-5-9-22-41/h4-39H,1-3H3. The number of hydrogen-bond acceptors (Lipinski definition) is 3. The van der Waals surface area contributed by atoms with Gasteiger partial charge in [-0.25, -0.2) is 15.0 Å². The normalized spacial score (nSPS) is 14.4. The number of aromatic nitrogens is 3. The highest BCUT2D eigenvalue weighted by Gasteiger charge is 2.51. The molecule has 3 nitrogen and oxygen atoms in total. The lowest BCUT2D eigenvalue weighted by molar-refractivity contribution is 0.591. The van der Waals surface area contributed by atoms with Crippen molar-refractivity contribution in [3.63, 3.8) is 0 Å². The van der Waals surface area contributed by atoms with Crippen molar-refractivity contribution in [1.29, 1.82) is 0 Å². The minimum absolute atomic E-state index is 0.0881. The van der Waals surface area contributed by atoms with Crippen molar-refractivity contribution in [3.8, 4) is 89.8 Å². The number of hydrogen-bond donors (Lipinski definition) is 0. The van der Waals surface area contributed by atoms with E-state index in [9.17, 15) is 0 Å². The van der Waals surface area contributed by atoms with Crippen molar-refractivity contribution in [3.05, 3.63) is 246 Å². The average molecular weight is 832 g/mol. The van der Waals surface area contributed by atoms with Crippen LogP contribution >= 0.6 is 0 Å². The summed E-state index contributed by atoms with van der Waals surface area (Å²) in [5, 5.41) is 0. The van der Waals surface area contributed by atoms with Crippen molar-refractivity contribution >= 4 is 0 Å². The highest BCUT2D eigenvalue weighted by atomic mass is 15.0. The SMILES string of the molecule is CC(C)(C)c1cccc2c1-c1ccccc1C21c2ccccc2-c2ccccc2-c2ccc(-c3nc(-c4cccc(-c5ccccc5)c4)nc(-c4cccc(-c5ccccc5)c4)n3)cc21. The van der Waals surface area contributed by atoms with Gasteiger partial charge in [-0.3, -0.25) is 0 Å². The smallest absolute Gasteiger partial charge is 0.164 e. The molecule has 0 radical (unpaired) electrons. The molecule has 10 aromatic rings. The average Bonchev–Trinajstić information content (AvgIpc) is 3.61. The second-order valence-electron chi connectivity index (χ2n) is 18.3. The van der Waals surface area contributed by atoms with E-state index in [-0.39, 0.29) is 5.41 Å². The Morgan fingerprint density at radius 2 is 0.692 bits per heavy atom. The van der Waals surface area contributed by atoms with E-state index in [0.29, 0.717) is 17.5 Å². The predicted molar refractivity (Wildman–Crippen MR) is 267 cm³/mol. The quantitative estimate of drug-likeness (QED) is 0.173. The van der Waals surface area contributed by atoms with Crippen LogP contribution in [0.2, 0.25) is 0 Å². The van der Waals surface area contributed by atoms with Crippen LogP contribution in [0.25, 0.3) is 89.8 Å². The fourth-order valence-electron chi connectivity index (χ4n) is 10.6. The molecule has 0 saturated carbocycles. The van der Waals surface area contributed by atoms with Crippen LogP contribution in [-0.2, 0) is 10.8 Å². The molecule has 12 rings (SSSR count). The van der Waals surface area contributed by atoms with Crippen molar-refractivity contribution in [1.82, 2.24) is 15.0 Å². The van der Waals surface area contributed by atoms with E-state index in [2.05, 4.69) is 239 Å². The summed E-state index contributed by atoms with van der Waals surface area (Å²) in [5.41, 5.74) is 20.5. The first-order valence-electron chi connectivity index (χ1n) is 22.5. The van der Waals surface area contributed by atoms with E-state index in [4.69, 9.17) is 15.0 Å². The van der Waals surface area contributed by atoms with Crippen LogP contribution in [0.15, 0.2) is 218 Å². The summed E-state index contributed by atoms with van der Waals surface area (Å²) in [7, 11) is 0. The molecule has 9 aromatic carbocycles. The zero-order valence-corrected chi connectivity index (χ0v) is 36.6. The molecule has 0 saturated heterocycles. The number of nitrogens with zero attached hydrogens (tertiary/aromatic N) is 3. The lowest BCUT2D eigenvalue weighted by Gasteiger charge is -2.36. The third kappa shape index (κ3) is 6.22. The minimum atomic E-state index is -0.652. The largest absolute Gasteiger partial charge is 0.208 e. The Bertz CT molecular complexity index is 3370. The third-order valence-electron chi connectivity index (χ3n) is 13.5. The second kappa shape index (κ2) is 15.1. The van der Waals surface area contributed by atoms with Crippen molar-refractivity contribution < 1.29 is 0 Å². The van der Waals surface area contributed by atoms with Crippen LogP contribution in [0.5, 0.6) is 0 Å². The minimum Gasteiger partial charge on any atom is -0.208 e. The highest BCUT2D eigenvalue weighted by Crippen LogP contribution is 2.63. The predicted octanol–water partition coefficient (Wildman–Crippen LogP) is 15.5. The van der Waals surface area contributed by atoms with Gasteiger partial charge in [-0.1, -0.05) is 221 Å². The molecule has 0 fully saturated rings. The van der Waals surface area contributed by atoms with Crippen LogP contribution in [0.3, 0.4) is 0 Å². The van der Waals surface area contributed by atoms with Crippen LogP contribution in [0, 0.1) is 0 Å². The fraction of sp³-hybridized carbons (Fsp3) is 0.0806. The number of benzene rings is 9. The zero-order chi connectivity index (χ0) is 43.7. The topological polar surface area (TPSA) is 38.7 Å². The monoisotopic (exact) mass is 831 g/mol. The van der Waals surface area contributed by atoms with Gasteiger partial charge in [-0.05, 0) is 107 Å². The molecule has 0 aliphatic heterocycles. The molecule has 1 unspecified atom stereocenters. The lowest BCUT2D eigenvalue weighted by Crippen LogP contribution is -2.29. The summed E-state index contributed by atoms with van der Waals surface area (Å²) < 4.78 is 0. The molecule has 0 N–H and O–H groups in total. The molecule has 1 heterocycles. The van der Waals surface area contributed by atoms with E-state index in [0.717, 1.165) is 38.9 Å². The van der Waals surface area contributed by atoms with Gasteiger partial charge in [0.25, 0.3) is 0 Å². The Labute approximate surface area is 380 Å². The van der Waals surface area contributed by atoms with Gasteiger partial charge in [0.1, 0.15) is 0 Å². The Balaban J connectivity index is 1.15. The molecule has 1 spiro atoms. The van der Waals surface area contributed by atoms with Crippen LogP contribution in [0.4, 0.5) is 0 Å². The molecule has 1 atom stereocenters. The van der Waals surface area contributed by atoms with E-state index in [1.165, 1.54) is 61.2 Å². The lowest BCUT2D eigenvalue weighted by atomic mass is 9.65. The molecule has 1 aromatic heterocycles. The van der Waals surface area contributed by atoms with Gasteiger partial charge in [0, 0.05) is 16.7 Å². The van der Waals surface area contributed by atoms with Crippen molar-refractivity contribution in [2.24, 2.45) is 0 Å². The van der Waals surface area contributed by atoms with Gasteiger partial charge in [-0.2, -0.15) is 0 Å². The first kappa shape index (κ1) is 38.6. The Morgan fingerprint density at radius 3 is 1.25 bits per heavy atom. The molecule has 3 heteroatoms. The molecule has 308 valence electrons. The summed E-state index contributed by atoms with van der Waals surface area (Å²) in [6.45, 7) is 7.00. The molecule has 2 aliphatic carbocycles. The molecular weight excluding hydrogens is 787 g/mol. The highest BCUT2D eigenvalue weighted by molar-refractivity contribution is 5.98. The Hall–Kier alpha value is -8.01. The first-order chi connectivity index (χ1) is 31.9. The maximum Gasteiger partial charge on any atom is 0.164 e. The van der Waals surface area contributed by atoms with Gasteiger partial charge < -0.3 is 0 Å². The fourth-order valence-corrected chi connectivity index (χ4v) is 10.6. The molecule has 0 amide bonds. The number of fused-ring (bicyclic) bond motifs is 12. The third-order valence-corrected chi connectivity index (χ3v) is 13.5. The van der Waals surface area contributed by atoms with Gasteiger partial charge in [0.2, 0.25) is 0 Å². The maximum absolute atomic E-state index is 5.40. The van der Waals surface area contributed by atoms with Crippen molar-refractivity contribution in [2.75, 3.05) is 0 Å². The second-order valence-corrected chi connectivity index (χ2v) is 18.3. The van der Waals surface area contributed by atoms with Gasteiger partial charge in [0.15, 0.2) is 17.5 Å². The van der Waals surface area contributed by atoms with Gasteiger partial charge >= 0.3 is 0 Å². The van der Waals surface area contributed by atoms with Crippen LogP contribution < -0.4 is 0 Å². The van der Waals surface area contributed by atoms with E-state index in [1.54, 1.807) is 0 Å². The van der Waals surface area contributed by atoms with Crippen LogP contribution in [0.1, 0.15) is 48.6 Å². The van der Waals surface area contributed by atoms with Crippen molar-refractivity contribution in [2.45, 2.75) is 31.6 Å². The molecular formula is C62H45N3. The molecule has 0 bridgehead atoms. The summed E-state index contributed by atoms with van der Waals surface area (Å²) in [5.74, 6) is 1.87. The summed E-state index contributed by atoms with van der Waals surface area (Å²) in [4.78, 5) is 16.1. The summed E-state index contributed by atoms with van der Waals surface area (Å²) in [6.07, 6.45) is 0. The number of rotatable bonds is 5. The van der Waals surface area contributed by atoms with Gasteiger partial charge in [-0.15, -0.1) is 0 Å².